The van der Waals surface area contributed by atoms with Gasteiger partial charge in [-0.2, -0.15) is 0 Å². The number of fused-ring (bicyclic) bond motifs is 1. The van der Waals surface area contributed by atoms with E-state index >= 15 is 0 Å². The Kier molecular flexibility index (Phi) is 3.66. The number of aromatic nitrogens is 2. The average molecular weight is 280 g/mol. The number of hydrogen-bond donors (Lipinski definition) is 1. The van der Waals surface area contributed by atoms with Crippen LogP contribution in [0, 0.1) is 5.92 Å². The molecule has 1 N–H and O–H groups in total. The number of halogens is 1. The quantitative estimate of drug-likeness (QED) is 0.860. The monoisotopic (exact) mass is 279 g/mol. The molecule has 1 aromatic heterocycles. The number of nitrogens with zero attached hydrogens (tertiary/aromatic N) is 2. The first-order valence-corrected chi connectivity index (χ1v) is 7.93. The van der Waals surface area contributed by atoms with E-state index in [-0.39, 0.29) is 5.54 Å². The lowest BCUT2D eigenvalue weighted by Gasteiger charge is -2.40. The predicted molar refractivity (Wildman–Crippen MR) is 78.8 cm³/mol. The largest absolute Gasteiger partial charge is 0.363 e. The Morgan fingerprint density at radius 1 is 1.37 bits per heavy atom. The van der Waals surface area contributed by atoms with Crippen molar-refractivity contribution in [2.45, 2.75) is 57.4 Å². The van der Waals surface area contributed by atoms with Crippen LogP contribution in [0.15, 0.2) is 6.33 Å². The van der Waals surface area contributed by atoms with Gasteiger partial charge in [-0.25, -0.2) is 9.97 Å². The number of anilines is 1. The highest BCUT2D eigenvalue weighted by Crippen LogP contribution is 2.37. The maximum Gasteiger partial charge on any atom is 0.133 e. The Morgan fingerprint density at radius 2 is 2.26 bits per heavy atom. The standard InChI is InChI=1S/C15H22ClN3/c1-11-4-3-7-15(8-11,9-16)19-14-12-5-2-6-13(12)17-10-18-14/h10-11H,2-9H2,1H3,(H,17,18,19). The second kappa shape index (κ2) is 5.28. The fraction of sp³-hybridized carbons (Fsp3) is 0.733. The maximum atomic E-state index is 6.30. The fourth-order valence-electron chi connectivity index (χ4n) is 3.65. The molecule has 0 aromatic carbocycles. The van der Waals surface area contributed by atoms with Gasteiger partial charge in [0.15, 0.2) is 0 Å². The average Bonchev–Trinajstić information content (AvgIpc) is 2.88. The van der Waals surface area contributed by atoms with Crippen molar-refractivity contribution in [3.05, 3.63) is 17.6 Å². The number of hydrogen-bond acceptors (Lipinski definition) is 3. The third kappa shape index (κ3) is 2.58. The van der Waals surface area contributed by atoms with E-state index in [1.165, 1.54) is 30.5 Å². The zero-order valence-electron chi connectivity index (χ0n) is 11.6. The van der Waals surface area contributed by atoms with E-state index in [1.54, 1.807) is 6.33 Å². The molecule has 0 saturated heterocycles. The van der Waals surface area contributed by atoms with Crippen LogP contribution in [0.4, 0.5) is 5.82 Å². The molecule has 104 valence electrons. The maximum absolute atomic E-state index is 6.30. The summed E-state index contributed by atoms with van der Waals surface area (Å²) >= 11 is 6.30. The van der Waals surface area contributed by atoms with Crippen LogP contribution in [0.2, 0.25) is 0 Å². The van der Waals surface area contributed by atoms with Gasteiger partial charge in [-0.05, 0) is 38.0 Å². The van der Waals surface area contributed by atoms with Gasteiger partial charge in [0.1, 0.15) is 12.1 Å². The van der Waals surface area contributed by atoms with Crippen LogP contribution in [0.1, 0.15) is 50.3 Å². The van der Waals surface area contributed by atoms with Crippen LogP contribution < -0.4 is 5.32 Å². The van der Waals surface area contributed by atoms with Gasteiger partial charge >= 0.3 is 0 Å². The molecule has 1 saturated carbocycles. The molecule has 4 heteroatoms. The van der Waals surface area contributed by atoms with E-state index in [0.717, 1.165) is 37.4 Å². The highest BCUT2D eigenvalue weighted by atomic mass is 35.5. The summed E-state index contributed by atoms with van der Waals surface area (Å²) in [5, 5.41) is 3.69. The lowest BCUT2D eigenvalue weighted by molar-refractivity contribution is 0.279. The number of alkyl halides is 1. The van der Waals surface area contributed by atoms with Crippen LogP contribution >= 0.6 is 11.6 Å². The van der Waals surface area contributed by atoms with E-state index in [0.29, 0.717) is 5.88 Å². The molecular formula is C15H22ClN3. The van der Waals surface area contributed by atoms with Gasteiger partial charge in [-0.3, -0.25) is 0 Å². The highest BCUT2D eigenvalue weighted by molar-refractivity contribution is 6.18. The van der Waals surface area contributed by atoms with Crippen molar-refractivity contribution in [2.24, 2.45) is 5.92 Å². The molecule has 1 heterocycles. The van der Waals surface area contributed by atoms with Gasteiger partial charge < -0.3 is 5.32 Å². The predicted octanol–water partition coefficient (Wildman–Crippen LogP) is 3.56. The van der Waals surface area contributed by atoms with Gasteiger partial charge in [0.05, 0.1) is 5.54 Å². The van der Waals surface area contributed by atoms with E-state index in [2.05, 4.69) is 22.2 Å². The van der Waals surface area contributed by atoms with Crippen molar-refractivity contribution in [1.82, 2.24) is 9.97 Å². The molecule has 0 amide bonds. The first-order valence-electron chi connectivity index (χ1n) is 7.39. The molecule has 3 nitrogen and oxygen atoms in total. The van der Waals surface area contributed by atoms with Crippen LogP contribution in [0.25, 0.3) is 0 Å². The first-order chi connectivity index (χ1) is 9.22. The van der Waals surface area contributed by atoms with E-state index in [4.69, 9.17) is 11.6 Å². The molecule has 2 aliphatic carbocycles. The lowest BCUT2D eigenvalue weighted by atomic mass is 9.77. The van der Waals surface area contributed by atoms with E-state index in [9.17, 15) is 0 Å². The number of nitrogens with one attached hydrogen (secondary N) is 1. The second-order valence-corrected chi connectivity index (χ2v) is 6.51. The minimum Gasteiger partial charge on any atom is -0.363 e. The normalized spacial score (nSPS) is 30.1. The Hall–Kier alpha value is -0.830. The second-order valence-electron chi connectivity index (χ2n) is 6.24. The SMILES string of the molecule is CC1CCCC(CCl)(Nc2ncnc3c2CCC3)C1. The number of aryl methyl sites for hydroxylation is 1. The molecule has 1 fully saturated rings. The van der Waals surface area contributed by atoms with Crippen molar-refractivity contribution in [1.29, 1.82) is 0 Å². The van der Waals surface area contributed by atoms with Gasteiger partial charge in [0.25, 0.3) is 0 Å². The summed E-state index contributed by atoms with van der Waals surface area (Å²) in [7, 11) is 0. The van der Waals surface area contributed by atoms with Crippen molar-refractivity contribution >= 4 is 17.4 Å². The smallest absolute Gasteiger partial charge is 0.133 e. The third-order valence-corrected chi connectivity index (χ3v) is 5.12. The molecule has 1 aromatic rings. The van der Waals surface area contributed by atoms with Gasteiger partial charge in [-0.1, -0.05) is 19.8 Å². The summed E-state index contributed by atoms with van der Waals surface area (Å²) in [4.78, 5) is 8.87. The molecule has 0 spiro atoms. The molecule has 0 radical (unpaired) electrons. The molecular weight excluding hydrogens is 258 g/mol. The van der Waals surface area contributed by atoms with Gasteiger partial charge in [0.2, 0.25) is 0 Å². The summed E-state index contributed by atoms with van der Waals surface area (Å²) in [6, 6.07) is 0. The van der Waals surface area contributed by atoms with Crippen LogP contribution in [0.5, 0.6) is 0 Å². The van der Waals surface area contributed by atoms with E-state index in [1.807, 2.05) is 0 Å². The van der Waals surface area contributed by atoms with Gasteiger partial charge in [-0.15, -0.1) is 11.6 Å². The Bertz CT molecular complexity index is 463. The molecule has 2 unspecified atom stereocenters. The highest BCUT2D eigenvalue weighted by Gasteiger charge is 2.35. The Balaban J connectivity index is 1.85. The number of rotatable bonds is 3. The third-order valence-electron chi connectivity index (χ3n) is 4.61. The van der Waals surface area contributed by atoms with Crippen LogP contribution in [-0.4, -0.2) is 21.4 Å². The summed E-state index contributed by atoms with van der Waals surface area (Å²) < 4.78 is 0. The molecule has 2 aliphatic rings. The molecule has 3 rings (SSSR count). The van der Waals surface area contributed by atoms with E-state index < -0.39 is 0 Å². The lowest BCUT2D eigenvalue weighted by Crippen LogP contribution is -2.44. The molecule has 19 heavy (non-hydrogen) atoms. The zero-order chi connectivity index (χ0) is 13.3. The van der Waals surface area contributed by atoms with Gasteiger partial charge in [0, 0.05) is 17.1 Å². The molecule has 2 atom stereocenters. The minimum atomic E-state index is 0.0317. The first kappa shape index (κ1) is 13.2. The Labute approximate surface area is 120 Å². The van der Waals surface area contributed by atoms with Crippen LogP contribution in [-0.2, 0) is 12.8 Å². The minimum absolute atomic E-state index is 0.0317. The van der Waals surface area contributed by atoms with Crippen LogP contribution in [0.3, 0.4) is 0 Å². The Morgan fingerprint density at radius 3 is 3.05 bits per heavy atom. The van der Waals surface area contributed by atoms with Crippen molar-refractivity contribution in [2.75, 3.05) is 11.2 Å². The summed E-state index contributed by atoms with van der Waals surface area (Å²) in [5.41, 5.74) is 2.58. The van der Waals surface area contributed by atoms with Crippen molar-refractivity contribution < 1.29 is 0 Å². The molecule has 0 bridgehead atoms. The molecule has 0 aliphatic heterocycles. The van der Waals surface area contributed by atoms with Crippen molar-refractivity contribution in [3.63, 3.8) is 0 Å². The topological polar surface area (TPSA) is 37.8 Å². The fourth-order valence-corrected chi connectivity index (χ4v) is 3.96. The zero-order valence-corrected chi connectivity index (χ0v) is 12.3. The summed E-state index contributed by atoms with van der Waals surface area (Å²) in [6.07, 6.45) is 9.97. The summed E-state index contributed by atoms with van der Waals surface area (Å²) in [5.74, 6) is 2.45. The summed E-state index contributed by atoms with van der Waals surface area (Å²) in [6.45, 7) is 2.33. The van der Waals surface area contributed by atoms with Crippen molar-refractivity contribution in [3.8, 4) is 0 Å².